The molecule has 0 bridgehead atoms. The Kier molecular flexibility index (Phi) is 16.6. The second-order valence-corrected chi connectivity index (χ2v) is 23.5. The van der Waals surface area contributed by atoms with Gasteiger partial charge in [-0.1, -0.05) is 107 Å². The molecule has 4 aliphatic rings. The van der Waals surface area contributed by atoms with Gasteiger partial charge in [0.25, 0.3) is 11.4 Å². The molecular formula is C59H70Cl2N2O10. The molecule has 9 atom stereocenters. The molecule has 0 spiro atoms. The maximum atomic E-state index is 12.9. The van der Waals surface area contributed by atoms with E-state index in [1.807, 2.05) is 6.08 Å². The Balaban J connectivity index is 1.04. The van der Waals surface area contributed by atoms with Crippen molar-refractivity contribution in [2.75, 3.05) is 0 Å². The molecule has 0 heterocycles. The second-order valence-electron chi connectivity index (χ2n) is 22.7. The van der Waals surface area contributed by atoms with E-state index in [1.165, 1.54) is 113 Å². The number of hydrogen-bond acceptors (Lipinski definition) is 8. The Morgan fingerprint density at radius 1 is 0.726 bits per heavy atom. The summed E-state index contributed by atoms with van der Waals surface area (Å²) in [4.78, 5) is 47.7. The summed E-state index contributed by atoms with van der Waals surface area (Å²) in [5, 5.41) is 43.9. The molecular weight excluding hydrogens is 968 g/mol. The van der Waals surface area contributed by atoms with Crippen LogP contribution in [0.3, 0.4) is 0 Å². The van der Waals surface area contributed by atoms with Crippen LogP contribution in [0, 0.1) is 78.4 Å². The number of nitrogens with zero attached hydrogens (tertiary/aromatic N) is 2. The molecule has 0 amide bonds. The Labute approximate surface area is 439 Å². The monoisotopic (exact) mass is 1040 g/mol. The molecule has 73 heavy (non-hydrogen) atoms. The normalized spacial score (nSPS) is 25.7. The van der Waals surface area contributed by atoms with Crippen LogP contribution in [-0.2, 0) is 13.2 Å². The topological polar surface area (TPSA) is 179 Å². The van der Waals surface area contributed by atoms with Gasteiger partial charge in [-0.15, -0.1) is 0 Å². The number of rotatable bonds is 20. The lowest BCUT2D eigenvalue weighted by molar-refractivity contribution is -0.385. The number of carboxylic acids is 2. The first-order valence-electron chi connectivity index (χ1n) is 26.3. The Hall–Kier alpha value is -5.46. The number of aromatic carboxylic acids is 2. The smallest absolute Gasteiger partial charge is 0.339 e. The zero-order valence-electron chi connectivity index (χ0n) is 42.7. The second kappa shape index (κ2) is 22.6. The van der Waals surface area contributed by atoms with E-state index in [-0.39, 0.29) is 57.3 Å². The van der Waals surface area contributed by atoms with Crippen molar-refractivity contribution < 1.29 is 39.1 Å². The van der Waals surface area contributed by atoms with Gasteiger partial charge in [0.05, 0.1) is 19.9 Å². The summed E-state index contributed by atoms with van der Waals surface area (Å²) in [6.45, 7) is 12.1. The highest BCUT2D eigenvalue weighted by Gasteiger charge is 2.60. The molecule has 8 rings (SSSR count). The van der Waals surface area contributed by atoms with Crippen LogP contribution in [-0.4, -0.2) is 32.0 Å². The average Bonchev–Trinajstić information content (AvgIpc) is 3.71. The minimum Gasteiger partial charge on any atom is -0.486 e. The number of allylic oxidation sites excluding steroid dienone is 1. The standard InChI is InChI=1S/C59H70Cl2N2O10/c1-35(2)10-6-11-36(3)49-20-21-50-46-19-18-42-26-37(22-24-58(42,4)51(46)23-25-59(49,50)5)12-9-17-45(40-29-47(56(64)65)54(52(60)31-40)72-33-38-13-7-15-43(27-38)62(68)69)41-30-48(57(66)67)55(53(61)32-41)73-34-39-14-8-16-44(28-39)63(70)71/h7-8,13-17,27-32,35-37,42,46,49-51H,6,9-12,18-26,33-34H2,1-5H3,(H,64,65)(H,66,67). The fraction of sp³-hybridized carbons (Fsp3) is 0.525. The van der Waals surface area contributed by atoms with Gasteiger partial charge in [-0.05, 0) is 181 Å². The molecule has 14 heteroatoms. The van der Waals surface area contributed by atoms with Gasteiger partial charge in [-0.2, -0.15) is 0 Å². The molecule has 0 radical (unpaired) electrons. The number of halogens is 2. The predicted octanol–water partition coefficient (Wildman–Crippen LogP) is 16.3. The summed E-state index contributed by atoms with van der Waals surface area (Å²) in [7, 11) is 0. The van der Waals surface area contributed by atoms with Gasteiger partial charge in [0.1, 0.15) is 24.3 Å². The molecule has 0 saturated heterocycles. The van der Waals surface area contributed by atoms with E-state index in [4.69, 9.17) is 32.7 Å². The Morgan fingerprint density at radius 2 is 1.27 bits per heavy atom. The highest BCUT2D eigenvalue weighted by molar-refractivity contribution is 6.33. The van der Waals surface area contributed by atoms with Crippen molar-refractivity contribution >= 4 is 52.1 Å². The zero-order valence-corrected chi connectivity index (χ0v) is 44.3. The third kappa shape index (κ3) is 11.6. The first-order chi connectivity index (χ1) is 34.8. The van der Waals surface area contributed by atoms with E-state index in [2.05, 4.69) is 34.6 Å². The maximum absolute atomic E-state index is 12.9. The number of ether oxygens (including phenoxy) is 2. The van der Waals surface area contributed by atoms with Crippen LogP contribution < -0.4 is 9.47 Å². The van der Waals surface area contributed by atoms with Gasteiger partial charge in [-0.3, -0.25) is 20.2 Å². The van der Waals surface area contributed by atoms with Crippen LogP contribution >= 0.6 is 23.2 Å². The first kappa shape index (κ1) is 53.8. The Bertz CT molecular complexity index is 2630. The van der Waals surface area contributed by atoms with Gasteiger partial charge in [-0.25, -0.2) is 9.59 Å². The number of carboxylic acid groups (broad SMARTS) is 2. The van der Waals surface area contributed by atoms with Crippen LogP contribution in [0.25, 0.3) is 5.57 Å². The number of hydrogen-bond donors (Lipinski definition) is 2. The molecule has 2 N–H and O–H groups in total. The average molecular weight is 1040 g/mol. The van der Waals surface area contributed by atoms with Crippen LogP contribution in [0.4, 0.5) is 11.4 Å². The van der Waals surface area contributed by atoms with E-state index >= 15 is 0 Å². The largest absolute Gasteiger partial charge is 0.486 e. The molecule has 12 nitrogen and oxygen atoms in total. The van der Waals surface area contributed by atoms with E-state index < -0.39 is 21.8 Å². The highest BCUT2D eigenvalue weighted by atomic mass is 35.5. The first-order valence-corrected chi connectivity index (χ1v) is 27.1. The van der Waals surface area contributed by atoms with Crippen molar-refractivity contribution in [2.45, 2.75) is 138 Å². The number of benzene rings is 4. The summed E-state index contributed by atoms with van der Waals surface area (Å²) >= 11 is 13.8. The zero-order chi connectivity index (χ0) is 52.4. The van der Waals surface area contributed by atoms with E-state index in [1.54, 1.807) is 24.3 Å². The van der Waals surface area contributed by atoms with Gasteiger partial charge in [0.15, 0.2) is 11.5 Å². The molecule has 4 aliphatic carbocycles. The van der Waals surface area contributed by atoms with Gasteiger partial charge < -0.3 is 19.7 Å². The van der Waals surface area contributed by atoms with Crippen molar-refractivity contribution in [2.24, 2.45) is 58.2 Å². The highest BCUT2D eigenvalue weighted by Crippen LogP contribution is 2.69. The van der Waals surface area contributed by atoms with Crippen LogP contribution in [0.2, 0.25) is 10.0 Å². The molecule has 0 aromatic heterocycles. The minimum atomic E-state index is -1.33. The lowest BCUT2D eigenvalue weighted by Gasteiger charge is -2.61. The molecule has 4 aromatic rings. The van der Waals surface area contributed by atoms with Crippen molar-refractivity contribution in [1.29, 1.82) is 0 Å². The van der Waals surface area contributed by atoms with E-state index in [0.717, 1.165) is 54.8 Å². The van der Waals surface area contributed by atoms with Crippen molar-refractivity contribution in [3.05, 3.63) is 143 Å². The quantitative estimate of drug-likeness (QED) is 0.0639. The molecule has 9 unspecified atom stereocenters. The van der Waals surface area contributed by atoms with Crippen molar-refractivity contribution in [3.63, 3.8) is 0 Å². The number of fused-ring (bicyclic) bond motifs is 5. The molecule has 0 aliphatic heterocycles. The van der Waals surface area contributed by atoms with Gasteiger partial charge >= 0.3 is 11.9 Å². The lowest BCUT2D eigenvalue weighted by atomic mass is 9.44. The summed E-state index contributed by atoms with van der Waals surface area (Å²) in [5.74, 6) is 3.03. The lowest BCUT2D eigenvalue weighted by Crippen LogP contribution is -2.53. The fourth-order valence-corrected chi connectivity index (χ4v) is 15.0. The third-order valence-corrected chi connectivity index (χ3v) is 18.6. The molecule has 4 saturated carbocycles. The number of carbonyl (C=O) groups is 2. The van der Waals surface area contributed by atoms with Crippen LogP contribution in [0.15, 0.2) is 78.9 Å². The van der Waals surface area contributed by atoms with E-state index in [9.17, 15) is 40.0 Å². The van der Waals surface area contributed by atoms with Crippen molar-refractivity contribution in [3.8, 4) is 11.5 Å². The van der Waals surface area contributed by atoms with Gasteiger partial charge in [0, 0.05) is 24.3 Å². The summed E-state index contributed by atoms with van der Waals surface area (Å²) < 4.78 is 11.9. The maximum Gasteiger partial charge on any atom is 0.339 e. The third-order valence-electron chi connectivity index (χ3n) is 18.1. The fourth-order valence-electron chi connectivity index (χ4n) is 14.4. The molecule has 4 aromatic carbocycles. The van der Waals surface area contributed by atoms with Crippen LogP contribution in [0.1, 0.15) is 167 Å². The Morgan fingerprint density at radius 3 is 1.81 bits per heavy atom. The molecule has 4 fully saturated rings. The SMILES string of the molecule is CC(C)CCCC(C)C1CCC2C3CCC4CC(CCC=C(c5cc(Cl)c(OCc6cccc([N+](=O)[O-])c6)c(C(=O)O)c5)c5cc(Cl)c(OCc6cccc([N+](=O)[O-])c6)c(C(=O)O)c5)CCC4(C)C3CCC12C. The predicted molar refractivity (Wildman–Crippen MR) is 285 cm³/mol. The summed E-state index contributed by atoms with van der Waals surface area (Å²) in [6, 6.07) is 17.7. The van der Waals surface area contributed by atoms with E-state index in [0.29, 0.717) is 56.9 Å². The number of non-ortho nitro benzene ring substituents is 2. The minimum absolute atomic E-state index is 0.0258. The van der Waals surface area contributed by atoms with Gasteiger partial charge in [0.2, 0.25) is 0 Å². The number of nitro groups is 2. The van der Waals surface area contributed by atoms with Crippen LogP contribution in [0.5, 0.6) is 11.5 Å². The summed E-state index contributed by atoms with van der Waals surface area (Å²) in [6.07, 6.45) is 19.1. The summed E-state index contributed by atoms with van der Waals surface area (Å²) in [5.41, 5.74) is 2.16. The van der Waals surface area contributed by atoms with Crippen molar-refractivity contribution in [1.82, 2.24) is 0 Å². The molecule has 390 valence electrons. The number of nitro benzene ring substituents is 2.